The predicted molar refractivity (Wildman–Crippen MR) is 202 cm³/mol. The maximum absolute atomic E-state index is 15.0. The molecule has 1 unspecified atom stereocenters. The Morgan fingerprint density at radius 3 is 2.08 bits per heavy atom. The topological polar surface area (TPSA) is 171 Å². The van der Waals surface area contributed by atoms with Crippen molar-refractivity contribution >= 4 is 39.4 Å². The van der Waals surface area contributed by atoms with Crippen molar-refractivity contribution in [1.82, 2.24) is 26.2 Å². The molecular weight excluding hydrogens is 695 g/mol. The molecule has 5 atom stereocenters. The second-order valence-corrected chi connectivity index (χ2v) is 20.6. The van der Waals surface area contributed by atoms with E-state index in [4.69, 9.17) is 0 Å². The summed E-state index contributed by atoms with van der Waals surface area (Å²) < 4.78 is 27.2. The molecule has 0 spiro atoms. The van der Waals surface area contributed by atoms with Crippen molar-refractivity contribution in [2.24, 2.45) is 28.6 Å². The standard InChI is InChI=1S/C40H63N5O7S/c1-5-22-41-35(48)32(46)29(23-26-16-17-26)42-34(47)31-30-28(38(30,2)3)24-45(31)36(49)33(39(4)18-10-6-11-19-39)43-37(50)44-40(20-12-7-13-21-40)25-53(51,52)27-14-8-9-15-27/h5,26-31,33H,1,6-25H2,2-4H3,(H,41,48)(H,42,47)(H2,43,44,50)/t28-,29?,30-,31-,33+/m0/s1. The highest BCUT2D eigenvalue weighted by Gasteiger charge is 2.70. The number of Topliss-reactive ketones (excluding diaryl/α,β-unsaturated/α-hetero) is 1. The van der Waals surface area contributed by atoms with Crippen LogP contribution >= 0.6 is 0 Å². The Morgan fingerprint density at radius 1 is 0.849 bits per heavy atom. The molecule has 12 nitrogen and oxygen atoms in total. The SMILES string of the molecule is C=CCNC(=O)C(=O)C(CC1CC1)NC(=O)[C@@H]1[C@@H]2[C@H](CN1C(=O)[C@@H](NC(=O)NC1(CS(=O)(=O)C3CCCC3)CCCCC1)C1(C)CCCCC1)C2(C)C. The molecule has 5 amide bonds. The molecule has 6 fully saturated rings. The van der Waals surface area contributed by atoms with Crippen molar-refractivity contribution in [3.05, 3.63) is 12.7 Å². The van der Waals surface area contributed by atoms with Crippen LogP contribution < -0.4 is 21.3 Å². The fourth-order valence-electron chi connectivity index (χ4n) is 10.4. The molecule has 1 saturated heterocycles. The van der Waals surface area contributed by atoms with Gasteiger partial charge >= 0.3 is 6.03 Å². The summed E-state index contributed by atoms with van der Waals surface area (Å²) >= 11 is 0. The summed E-state index contributed by atoms with van der Waals surface area (Å²) in [6.07, 6.45) is 15.0. The zero-order valence-electron chi connectivity index (χ0n) is 32.2. The van der Waals surface area contributed by atoms with Gasteiger partial charge in [-0.05, 0) is 73.5 Å². The predicted octanol–water partition coefficient (Wildman–Crippen LogP) is 4.32. The largest absolute Gasteiger partial charge is 0.346 e. The number of rotatable bonds is 15. The highest BCUT2D eigenvalue weighted by Crippen LogP contribution is 2.65. The van der Waals surface area contributed by atoms with Crippen LogP contribution in [0.3, 0.4) is 0 Å². The summed E-state index contributed by atoms with van der Waals surface area (Å²) in [5.74, 6) is -2.12. The van der Waals surface area contributed by atoms with Gasteiger partial charge in [-0.25, -0.2) is 13.2 Å². The summed E-state index contributed by atoms with van der Waals surface area (Å²) in [6.45, 7) is 10.3. The third kappa shape index (κ3) is 8.64. The van der Waals surface area contributed by atoms with Crippen LogP contribution in [0.5, 0.6) is 0 Å². The van der Waals surface area contributed by atoms with Gasteiger partial charge in [-0.3, -0.25) is 19.2 Å². The van der Waals surface area contributed by atoms with Crippen molar-refractivity contribution in [3.63, 3.8) is 0 Å². The first kappa shape index (κ1) is 39.7. The van der Waals surface area contributed by atoms with Crippen LogP contribution in [-0.4, -0.2) is 90.6 Å². The number of piperidine rings is 1. The highest BCUT2D eigenvalue weighted by atomic mass is 32.2. The number of fused-ring (bicyclic) bond motifs is 1. The minimum absolute atomic E-state index is 0.0793. The van der Waals surface area contributed by atoms with E-state index in [-0.39, 0.29) is 46.6 Å². The molecule has 0 aromatic heterocycles. The van der Waals surface area contributed by atoms with E-state index in [1.54, 1.807) is 4.90 Å². The number of urea groups is 1. The Morgan fingerprint density at radius 2 is 1.47 bits per heavy atom. The zero-order chi connectivity index (χ0) is 38.2. The summed E-state index contributed by atoms with van der Waals surface area (Å²) in [7, 11) is -3.43. The van der Waals surface area contributed by atoms with Crippen LogP contribution in [0, 0.1) is 28.6 Å². The minimum Gasteiger partial charge on any atom is -0.346 e. The Labute approximate surface area is 316 Å². The van der Waals surface area contributed by atoms with Crippen molar-refractivity contribution in [1.29, 1.82) is 0 Å². The van der Waals surface area contributed by atoms with Crippen LogP contribution in [-0.2, 0) is 29.0 Å². The van der Waals surface area contributed by atoms with Crippen molar-refractivity contribution in [3.8, 4) is 0 Å². The molecule has 53 heavy (non-hydrogen) atoms. The van der Waals surface area contributed by atoms with Gasteiger partial charge in [-0.2, -0.15) is 0 Å². The second kappa shape index (κ2) is 15.6. The molecule has 5 saturated carbocycles. The van der Waals surface area contributed by atoms with Crippen LogP contribution in [0.15, 0.2) is 12.7 Å². The molecule has 5 aliphatic carbocycles. The molecular formula is C40H63N5O7S. The van der Waals surface area contributed by atoms with E-state index in [0.717, 1.165) is 77.0 Å². The Kier molecular flexibility index (Phi) is 11.7. The van der Waals surface area contributed by atoms with Crippen molar-refractivity contribution < 1.29 is 32.4 Å². The number of likely N-dealkylation sites (tertiary alicyclic amines) is 1. The monoisotopic (exact) mass is 757 g/mol. The molecule has 1 aliphatic heterocycles. The fraction of sp³-hybridized carbons (Fsp3) is 0.825. The fourth-order valence-corrected chi connectivity index (χ4v) is 12.9. The van der Waals surface area contributed by atoms with Crippen molar-refractivity contribution in [2.75, 3.05) is 18.8 Å². The third-order valence-corrected chi connectivity index (χ3v) is 16.4. The van der Waals surface area contributed by atoms with Crippen LogP contribution in [0.25, 0.3) is 0 Å². The normalized spacial score (nSPS) is 28.5. The second-order valence-electron chi connectivity index (χ2n) is 18.3. The first-order valence-corrected chi connectivity index (χ1v) is 22.2. The molecule has 1 heterocycles. The molecule has 13 heteroatoms. The van der Waals surface area contributed by atoms with Gasteiger partial charge in [0.15, 0.2) is 9.84 Å². The first-order valence-electron chi connectivity index (χ1n) is 20.4. The molecule has 0 aromatic rings. The lowest BCUT2D eigenvalue weighted by Gasteiger charge is -2.44. The van der Waals surface area contributed by atoms with Gasteiger partial charge in [0.05, 0.1) is 22.6 Å². The van der Waals surface area contributed by atoms with E-state index in [2.05, 4.69) is 41.7 Å². The van der Waals surface area contributed by atoms with Crippen LogP contribution in [0.1, 0.15) is 130 Å². The van der Waals surface area contributed by atoms with Crippen LogP contribution in [0.4, 0.5) is 4.79 Å². The Balaban J connectivity index is 1.23. The highest BCUT2D eigenvalue weighted by molar-refractivity contribution is 7.92. The van der Waals surface area contributed by atoms with E-state index in [9.17, 15) is 32.4 Å². The number of sulfone groups is 1. The maximum atomic E-state index is 15.0. The molecule has 296 valence electrons. The van der Waals surface area contributed by atoms with Gasteiger partial charge in [0.1, 0.15) is 12.1 Å². The van der Waals surface area contributed by atoms with Gasteiger partial charge < -0.3 is 26.2 Å². The summed E-state index contributed by atoms with van der Waals surface area (Å²) in [6, 6.07) is -3.32. The molecule has 0 aromatic carbocycles. The minimum atomic E-state index is -3.43. The van der Waals surface area contributed by atoms with E-state index in [1.807, 2.05) is 6.92 Å². The van der Waals surface area contributed by atoms with E-state index in [1.165, 1.54) is 6.08 Å². The smallest absolute Gasteiger partial charge is 0.315 e. The Bertz CT molecular complexity index is 1540. The molecule has 4 N–H and O–H groups in total. The van der Waals surface area contributed by atoms with Crippen LogP contribution in [0.2, 0.25) is 0 Å². The van der Waals surface area contributed by atoms with Gasteiger partial charge in [-0.1, -0.05) is 91.1 Å². The van der Waals surface area contributed by atoms with Gasteiger partial charge in [-0.15, -0.1) is 6.58 Å². The molecule has 0 radical (unpaired) electrons. The first-order chi connectivity index (χ1) is 25.1. The average Bonchev–Trinajstić information content (AvgIpc) is 3.80. The lowest BCUT2D eigenvalue weighted by atomic mass is 9.70. The lowest BCUT2D eigenvalue weighted by Crippen LogP contribution is -2.65. The molecule has 0 bridgehead atoms. The van der Waals surface area contributed by atoms with Gasteiger partial charge in [0, 0.05) is 13.1 Å². The van der Waals surface area contributed by atoms with E-state index < -0.39 is 62.5 Å². The summed E-state index contributed by atoms with van der Waals surface area (Å²) in [5, 5.41) is 11.3. The van der Waals surface area contributed by atoms with E-state index >= 15 is 0 Å². The lowest BCUT2D eigenvalue weighted by molar-refractivity contribution is -0.146. The van der Waals surface area contributed by atoms with Gasteiger partial charge in [0.2, 0.25) is 17.6 Å². The average molecular weight is 758 g/mol. The number of carbonyl (C=O) groups is 5. The number of hydrogen-bond acceptors (Lipinski definition) is 7. The van der Waals surface area contributed by atoms with Gasteiger partial charge in [0.25, 0.3) is 5.91 Å². The molecule has 6 rings (SSSR count). The summed E-state index contributed by atoms with van der Waals surface area (Å²) in [4.78, 5) is 71.0. The number of nitrogens with zero attached hydrogens (tertiary/aromatic N) is 1. The maximum Gasteiger partial charge on any atom is 0.315 e. The zero-order valence-corrected chi connectivity index (χ0v) is 33.0. The number of carbonyl (C=O) groups excluding carboxylic acids is 5. The number of amides is 5. The quantitative estimate of drug-likeness (QED) is 0.142. The number of ketones is 1. The van der Waals surface area contributed by atoms with E-state index in [0.29, 0.717) is 38.6 Å². The Hall–Kier alpha value is -2.96. The van der Waals surface area contributed by atoms with Crippen molar-refractivity contribution in [2.45, 2.75) is 159 Å². The number of nitrogens with one attached hydrogen (secondary N) is 4. The molecule has 6 aliphatic rings. The third-order valence-electron chi connectivity index (χ3n) is 14.0. The number of hydrogen-bond donors (Lipinski definition) is 4. The summed E-state index contributed by atoms with van der Waals surface area (Å²) in [5.41, 5.74) is -1.66.